The fourth-order valence-corrected chi connectivity index (χ4v) is 2.36. The van der Waals surface area contributed by atoms with E-state index < -0.39 is 0 Å². The van der Waals surface area contributed by atoms with Crippen LogP contribution in [-0.2, 0) is 6.54 Å². The van der Waals surface area contributed by atoms with Crippen LogP contribution in [0.5, 0.6) is 0 Å². The second-order valence-corrected chi connectivity index (χ2v) is 5.64. The topological polar surface area (TPSA) is 55.2 Å². The number of thioether (sulfide) groups is 1. The van der Waals surface area contributed by atoms with Crippen molar-refractivity contribution in [2.75, 3.05) is 18.1 Å². The number of rotatable bonds is 8. The van der Waals surface area contributed by atoms with Crippen LogP contribution in [0.1, 0.15) is 5.56 Å². The van der Waals surface area contributed by atoms with Crippen LogP contribution in [0.3, 0.4) is 0 Å². The minimum absolute atomic E-state index is 0.149. The third kappa shape index (κ3) is 5.20. The molecule has 0 spiro atoms. The fraction of sp³-hybridized carbons (Fsp3) is 0.333. The standard InChI is InChI=1S/C12H15BrN2O2S/c1-2-6-18-7-5-14-9-10-3-4-11(13)8-12(10)15(16)17/h2-4,8,14H,1,5-7,9H2. The Morgan fingerprint density at radius 2 is 2.33 bits per heavy atom. The summed E-state index contributed by atoms with van der Waals surface area (Å²) >= 11 is 5.02. The van der Waals surface area contributed by atoms with E-state index in [1.807, 2.05) is 12.1 Å². The van der Waals surface area contributed by atoms with Crippen LogP contribution in [0.2, 0.25) is 0 Å². The molecule has 0 amide bonds. The Morgan fingerprint density at radius 3 is 3.00 bits per heavy atom. The summed E-state index contributed by atoms with van der Waals surface area (Å²) < 4.78 is 0.722. The average Bonchev–Trinajstić information content (AvgIpc) is 2.35. The van der Waals surface area contributed by atoms with Crippen molar-refractivity contribution in [3.8, 4) is 0 Å². The molecule has 98 valence electrons. The minimum Gasteiger partial charge on any atom is -0.312 e. The monoisotopic (exact) mass is 330 g/mol. The number of halogens is 1. The highest BCUT2D eigenvalue weighted by Gasteiger charge is 2.13. The highest BCUT2D eigenvalue weighted by atomic mass is 79.9. The smallest absolute Gasteiger partial charge is 0.275 e. The van der Waals surface area contributed by atoms with E-state index in [-0.39, 0.29) is 10.6 Å². The Morgan fingerprint density at radius 1 is 1.56 bits per heavy atom. The number of benzene rings is 1. The van der Waals surface area contributed by atoms with Gasteiger partial charge in [-0.2, -0.15) is 11.8 Å². The quantitative estimate of drug-likeness (QED) is 0.343. The molecule has 0 aliphatic heterocycles. The van der Waals surface area contributed by atoms with Crippen LogP contribution >= 0.6 is 27.7 Å². The number of hydrogen-bond acceptors (Lipinski definition) is 4. The average molecular weight is 331 g/mol. The zero-order valence-electron chi connectivity index (χ0n) is 9.89. The zero-order chi connectivity index (χ0) is 13.4. The van der Waals surface area contributed by atoms with Gasteiger partial charge in [-0.05, 0) is 12.1 Å². The number of nitro benzene ring substituents is 1. The van der Waals surface area contributed by atoms with Crippen molar-refractivity contribution < 1.29 is 4.92 Å². The van der Waals surface area contributed by atoms with E-state index in [0.717, 1.165) is 22.5 Å². The van der Waals surface area contributed by atoms with E-state index >= 15 is 0 Å². The second-order valence-electron chi connectivity index (χ2n) is 3.57. The third-order valence-electron chi connectivity index (χ3n) is 2.22. The molecule has 0 aromatic heterocycles. The summed E-state index contributed by atoms with van der Waals surface area (Å²) in [6.07, 6.45) is 1.87. The van der Waals surface area contributed by atoms with Crippen molar-refractivity contribution in [1.29, 1.82) is 0 Å². The van der Waals surface area contributed by atoms with E-state index in [0.29, 0.717) is 12.1 Å². The summed E-state index contributed by atoms with van der Waals surface area (Å²) in [6.45, 7) is 4.98. The molecule has 1 N–H and O–H groups in total. The lowest BCUT2D eigenvalue weighted by Crippen LogP contribution is -2.17. The number of hydrogen-bond donors (Lipinski definition) is 1. The van der Waals surface area contributed by atoms with E-state index in [9.17, 15) is 10.1 Å². The van der Waals surface area contributed by atoms with Crippen molar-refractivity contribution >= 4 is 33.4 Å². The molecule has 18 heavy (non-hydrogen) atoms. The number of nitro groups is 1. The molecule has 1 aromatic carbocycles. The van der Waals surface area contributed by atoms with E-state index in [4.69, 9.17) is 0 Å². The molecular formula is C12H15BrN2O2S. The van der Waals surface area contributed by atoms with E-state index in [2.05, 4.69) is 27.8 Å². The molecule has 0 saturated heterocycles. The van der Waals surface area contributed by atoms with Crippen molar-refractivity contribution in [2.24, 2.45) is 0 Å². The SMILES string of the molecule is C=CCSCCNCc1ccc(Br)cc1[N+](=O)[O-]. The number of nitrogens with one attached hydrogen (secondary N) is 1. The first kappa shape index (κ1) is 15.2. The van der Waals surface area contributed by atoms with Gasteiger partial charge in [-0.15, -0.1) is 6.58 Å². The van der Waals surface area contributed by atoms with Crippen LogP contribution in [-0.4, -0.2) is 23.0 Å². The lowest BCUT2D eigenvalue weighted by atomic mass is 10.2. The van der Waals surface area contributed by atoms with Crippen LogP contribution < -0.4 is 5.32 Å². The van der Waals surface area contributed by atoms with Crippen LogP contribution in [0.15, 0.2) is 35.3 Å². The summed E-state index contributed by atoms with van der Waals surface area (Å²) in [5.41, 5.74) is 0.854. The summed E-state index contributed by atoms with van der Waals surface area (Å²) in [4.78, 5) is 10.5. The maximum atomic E-state index is 10.9. The molecule has 0 aliphatic rings. The molecule has 0 bridgehead atoms. The van der Waals surface area contributed by atoms with Crippen molar-refractivity contribution in [2.45, 2.75) is 6.54 Å². The molecule has 0 saturated carbocycles. The molecular weight excluding hydrogens is 316 g/mol. The van der Waals surface area contributed by atoms with Gasteiger partial charge >= 0.3 is 0 Å². The Kier molecular flexibility index (Phi) is 7.00. The van der Waals surface area contributed by atoms with Crippen LogP contribution in [0.4, 0.5) is 5.69 Å². The lowest BCUT2D eigenvalue weighted by molar-refractivity contribution is -0.385. The molecule has 0 heterocycles. The minimum atomic E-state index is -0.353. The fourth-order valence-electron chi connectivity index (χ4n) is 1.39. The van der Waals surface area contributed by atoms with Gasteiger partial charge in [0.25, 0.3) is 5.69 Å². The first-order valence-electron chi connectivity index (χ1n) is 5.47. The molecule has 0 aliphatic carbocycles. The van der Waals surface area contributed by atoms with Crippen LogP contribution in [0.25, 0.3) is 0 Å². The predicted molar refractivity (Wildman–Crippen MR) is 80.0 cm³/mol. The summed E-state index contributed by atoms with van der Waals surface area (Å²) in [6, 6.07) is 5.12. The number of nitrogens with zero attached hydrogens (tertiary/aromatic N) is 1. The Balaban J connectivity index is 2.46. The van der Waals surface area contributed by atoms with Gasteiger partial charge in [0, 0.05) is 40.7 Å². The molecule has 1 aromatic rings. The maximum Gasteiger partial charge on any atom is 0.275 e. The van der Waals surface area contributed by atoms with E-state index in [1.54, 1.807) is 17.8 Å². The van der Waals surface area contributed by atoms with Crippen molar-refractivity contribution in [1.82, 2.24) is 5.32 Å². The first-order chi connectivity index (χ1) is 8.65. The summed E-state index contributed by atoms with van der Waals surface area (Å²) in [5.74, 6) is 1.90. The Hall–Kier alpha value is -0.850. The molecule has 0 radical (unpaired) electrons. The Labute approximate surface area is 119 Å². The highest BCUT2D eigenvalue weighted by molar-refractivity contribution is 9.10. The van der Waals surface area contributed by atoms with Gasteiger partial charge in [-0.3, -0.25) is 10.1 Å². The predicted octanol–water partition coefficient (Wildman–Crippen LogP) is 3.37. The van der Waals surface area contributed by atoms with Crippen molar-refractivity contribution in [3.05, 3.63) is 51.0 Å². The highest BCUT2D eigenvalue weighted by Crippen LogP contribution is 2.23. The molecule has 0 unspecified atom stereocenters. The molecule has 0 fully saturated rings. The first-order valence-corrected chi connectivity index (χ1v) is 7.42. The van der Waals surface area contributed by atoms with Gasteiger partial charge in [0.2, 0.25) is 0 Å². The molecule has 0 atom stereocenters. The van der Waals surface area contributed by atoms with Crippen LogP contribution in [0, 0.1) is 10.1 Å². The normalized spacial score (nSPS) is 10.3. The third-order valence-corrected chi connectivity index (χ3v) is 3.68. The Bertz CT molecular complexity index is 427. The van der Waals surface area contributed by atoms with Gasteiger partial charge in [0.1, 0.15) is 0 Å². The molecule has 6 heteroatoms. The lowest BCUT2D eigenvalue weighted by Gasteiger charge is -2.05. The largest absolute Gasteiger partial charge is 0.312 e. The van der Waals surface area contributed by atoms with Gasteiger partial charge in [-0.1, -0.05) is 22.0 Å². The molecule has 1 rings (SSSR count). The van der Waals surface area contributed by atoms with Gasteiger partial charge < -0.3 is 5.32 Å². The second kappa shape index (κ2) is 8.29. The summed E-state index contributed by atoms with van der Waals surface area (Å²) in [7, 11) is 0. The summed E-state index contributed by atoms with van der Waals surface area (Å²) in [5, 5.41) is 14.1. The van der Waals surface area contributed by atoms with E-state index in [1.165, 1.54) is 6.07 Å². The van der Waals surface area contributed by atoms with Crippen molar-refractivity contribution in [3.63, 3.8) is 0 Å². The van der Waals surface area contributed by atoms with Gasteiger partial charge in [0.05, 0.1) is 4.92 Å². The van der Waals surface area contributed by atoms with Gasteiger partial charge in [0.15, 0.2) is 0 Å². The maximum absolute atomic E-state index is 10.9. The van der Waals surface area contributed by atoms with Gasteiger partial charge in [-0.25, -0.2) is 0 Å². The zero-order valence-corrected chi connectivity index (χ0v) is 12.3. The molecule has 4 nitrogen and oxygen atoms in total.